The van der Waals surface area contributed by atoms with Gasteiger partial charge in [0.15, 0.2) is 0 Å². The number of carboxylic acid groups (broad SMARTS) is 1. The number of aromatic carboxylic acids is 1. The first-order valence-corrected chi connectivity index (χ1v) is 4.20. The minimum atomic E-state index is -1.36. The number of hydrogen-bond acceptors (Lipinski definition) is 1. The van der Waals surface area contributed by atoms with E-state index in [1.54, 1.807) is 0 Å². The Labute approximate surface area is 83.8 Å². The molecule has 2 nitrogen and oxygen atoms in total. The molecular formula is C11H6F2O2. The summed E-state index contributed by atoms with van der Waals surface area (Å²) < 4.78 is 26.4. The van der Waals surface area contributed by atoms with Gasteiger partial charge < -0.3 is 5.11 Å². The van der Waals surface area contributed by atoms with Crippen molar-refractivity contribution in [1.82, 2.24) is 0 Å². The monoisotopic (exact) mass is 208 g/mol. The number of hydrogen-bond donors (Lipinski definition) is 1. The molecule has 0 heterocycles. The van der Waals surface area contributed by atoms with Gasteiger partial charge in [-0.05, 0) is 23.6 Å². The van der Waals surface area contributed by atoms with Crippen LogP contribution < -0.4 is 0 Å². The number of benzene rings is 2. The number of halogens is 2. The summed E-state index contributed by atoms with van der Waals surface area (Å²) in [5.74, 6) is -2.86. The highest BCUT2D eigenvalue weighted by atomic mass is 19.1. The highest BCUT2D eigenvalue weighted by Gasteiger charge is 2.12. The lowest BCUT2D eigenvalue weighted by Gasteiger charge is -2.02. The van der Waals surface area contributed by atoms with E-state index < -0.39 is 23.2 Å². The third-order valence-electron chi connectivity index (χ3n) is 2.15. The molecule has 0 atom stereocenters. The van der Waals surface area contributed by atoms with Gasteiger partial charge in [0.2, 0.25) is 0 Å². The van der Waals surface area contributed by atoms with Crippen molar-refractivity contribution in [2.75, 3.05) is 0 Å². The van der Waals surface area contributed by atoms with Gasteiger partial charge in [-0.3, -0.25) is 0 Å². The molecule has 0 saturated heterocycles. The molecule has 15 heavy (non-hydrogen) atoms. The molecule has 1 N–H and O–H groups in total. The van der Waals surface area contributed by atoms with Crippen molar-refractivity contribution in [2.45, 2.75) is 0 Å². The first kappa shape index (κ1) is 9.58. The molecule has 0 fully saturated rings. The molecule has 0 aromatic heterocycles. The van der Waals surface area contributed by atoms with E-state index in [2.05, 4.69) is 0 Å². The fraction of sp³-hybridized carbons (Fsp3) is 0. The zero-order valence-corrected chi connectivity index (χ0v) is 7.50. The van der Waals surface area contributed by atoms with Gasteiger partial charge in [0.25, 0.3) is 0 Å². The zero-order chi connectivity index (χ0) is 11.0. The fourth-order valence-electron chi connectivity index (χ4n) is 1.42. The van der Waals surface area contributed by atoms with Crippen LogP contribution in [-0.2, 0) is 0 Å². The smallest absolute Gasteiger partial charge is 0.338 e. The Bertz CT molecular complexity index is 550. The van der Waals surface area contributed by atoms with Crippen LogP contribution in [0.15, 0.2) is 30.3 Å². The topological polar surface area (TPSA) is 37.3 Å². The van der Waals surface area contributed by atoms with Gasteiger partial charge in [0, 0.05) is 5.39 Å². The highest BCUT2D eigenvalue weighted by Crippen LogP contribution is 2.21. The minimum Gasteiger partial charge on any atom is -0.478 e. The number of carbonyl (C=O) groups is 1. The Balaban J connectivity index is 2.82. The molecule has 76 valence electrons. The maximum absolute atomic E-state index is 13.2. The Morgan fingerprint density at radius 1 is 1.13 bits per heavy atom. The third kappa shape index (κ3) is 1.54. The summed E-state index contributed by atoms with van der Waals surface area (Å²) in [4.78, 5) is 10.6. The largest absolute Gasteiger partial charge is 0.478 e. The van der Waals surface area contributed by atoms with Gasteiger partial charge in [-0.25, -0.2) is 13.6 Å². The number of carboxylic acids is 1. The molecule has 2 rings (SSSR count). The summed E-state index contributed by atoms with van der Waals surface area (Å²) in [7, 11) is 0. The van der Waals surface area contributed by atoms with Crippen LogP contribution in [0.4, 0.5) is 8.78 Å². The quantitative estimate of drug-likeness (QED) is 0.782. The summed E-state index contributed by atoms with van der Waals surface area (Å²) in [5, 5.41) is 9.11. The van der Waals surface area contributed by atoms with E-state index in [0.29, 0.717) is 5.39 Å². The van der Waals surface area contributed by atoms with Crippen molar-refractivity contribution in [2.24, 2.45) is 0 Å². The van der Waals surface area contributed by atoms with Crippen LogP contribution >= 0.6 is 0 Å². The molecule has 2 aromatic rings. The summed E-state index contributed by atoms with van der Waals surface area (Å²) in [6.45, 7) is 0. The van der Waals surface area contributed by atoms with Crippen molar-refractivity contribution in [1.29, 1.82) is 0 Å². The van der Waals surface area contributed by atoms with Crippen LogP contribution in [0, 0.1) is 11.6 Å². The van der Waals surface area contributed by atoms with E-state index in [-0.39, 0.29) is 5.39 Å². The molecule has 0 radical (unpaired) electrons. The second kappa shape index (κ2) is 3.31. The molecule has 0 bridgehead atoms. The SMILES string of the molecule is O=C(O)c1cc2cccc(F)c2cc1F. The molecule has 0 aliphatic heterocycles. The maximum Gasteiger partial charge on any atom is 0.338 e. The Morgan fingerprint density at radius 2 is 1.87 bits per heavy atom. The Kier molecular flexibility index (Phi) is 2.11. The summed E-state index contributed by atoms with van der Waals surface area (Å²) >= 11 is 0. The van der Waals surface area contributed by atoms with E-state index in [9.17, 15) is 13.6 Å². The van der Waals surface area contributed by atoms with Gasteiger partial charge in [-0.1, -0.05) is 12.1 Å². The molecular weight excluding hydrogens is 202 g/mol. The number of fused-ring (bicyclic) bond motifs is 1. The average molecular weight is 208 g/mol. The standard InChI is InChI=1S/C11H6F2O2/c12-9-3-1-2-6-4-8(11(14)15)10(13)5-7(6)9/h1-5H,(H,14,15). The average Bonchev–Trinajstić information content (AvgIpc) is 2.18. The lowest BCUT2D eigenvalue weighted by Crippen LogP contribution is -2.00. The van der Waals surface area contributed by atoms with Gasteiger partial charge in [0.1, 0.15) is 11.6 Å². The van der Waals surface area contributed by atoms with Gasteiger partial charge in [-0.2, -0.15) is 0 Å². The van der Waals surface area contributed by atoms with Crippen molar-refractivity contribution in [3.8, 4) is 0 Å². The van der Waals surface area contributed by atoms with Gasteiger partial charge in [-0.15, -0.1) is 0 Å². The van der Waals surface area contributed by atoms with Crippen LogP contribution in [0.2, 0.25) is 0 Å². The van der Waals surface area contributed by atoms with E-state index in [0.717, 1.165) is 12.1 Å². The normalized spacial score (nSPS) is 10.5. The van der Waals surface area contributed by atoms with E-state index in [1.165, 1.54) is 18.2 Å². The van der Waals surface area contributed by atoms with Crippen molar-refractivity contribution < 1.29 is 18.7 Å². The molecule has 0 aliphatic rings. The van der Waals surface area contributed by atoms with Gasteiger partial charge in [0.05, 0.1) is 5.56 Å². The predicted molar refractivity (Wildman–Crippen MR) is 50.8 cm³/mol. The molecule has 4 heteroatoms. The summed E-state index contributed by atoms with van der Waals surface area (Å²) in [6.07, 6.45) is 0. The van der Waals surface area contributed by atoms with E-state index in [1.807, 2.05) is 0 Å². The maximum atomic E-state index is 13.2. The second-order valence-electron chi connectivity index (χ2n) is 3.10. The number of rotatable bonds is 1. The summed E-state index contributed by atoms with van der Waals surface area (Å²) in [5.41, 5.74) is -0.451. The van der Waals surface area contributed by atoms with Crippen molar-refractivity contribution >= 4 is 16.7 Å². The second-order valence-corrected chi connectivity index (χ2v) is 3.10. The Hall–Kier alpha value is -1.97. The molecule has 0 unspecified atom stereocenters. The van der Waals surface area contributed by atoms with E-state index >= 15 is 0 Å². The Morgan fingerprint density at radius 3 is 2.53 bits per heavy atom. The summed E-state index contributed by atoms with van der Waals surface area (Å²) in [6, 6.07) is 6.19. The van der Waals surface area contributed by atoms with Gasteiger partial charge >= 0.3 is 5.97 Å². The van der Waals surface area contributed by atoms with Crippen molar-refractivity contribution in [3.05, 3.63) is 47.5 Å². The molecule has 0 saturated carbocycles. The lowest BCUT2D eigenvalue weighted by molar-refractivity contribution is 0.0692. The van der Waals surface area contributed by atoms with Crippen LogP contribution in [0.3, 0.4) is 0 Å². The molecule has 0 spiro atoms. The van der Waals surface area contributed by atoms with Crippen LogP contribution in [0.5, 0.6) is 0 Å². The first-order valence-electron chi connectivity index (χ1n) is 4.20. The lowest BCUT2D eigenvalue weighted by atomic mass is 10.1. The molecule has 2 aromatic carbocycles. The molecule has 0 amide bonds. The van der Waals surface area contributed by atoms with Crippen LogP contribution in [0.25, 0.3) is 10.8 Å². The fourth-order valence-corrected chi connectivity index (χ4v) is 1.42. The predicted octanol–water partition coefficient (Wildman–Crippen LogP) is 2.82. The third-order valence-corrected chi connectivity index (χ3v) is 2.15. The van der Waals surface area contributed by atoms with Crippen LogP contribution in [0.1, 0.15) is 10.4 Å². The molecule has 0 aliphatic carbocycles. The van der Waals surface area contributed by atoms with Crippen molar-refractivity contribution in [3.63, 3.8) is 0 Å². The van der Waals surface area contributed by atoms with Crippen LogP contribution in [-0.4, -0.2) is 11.1 Å². The first-order chi connectivity index (χ1) is 7.09. The van der Waals surface area contributed by atoms with E-state index in [4.69, 9.17) is 5.11 Å². The minimum absolute atomic E-state index is 0.0833. The highest BCUT2D eigenvalue weighted by molar-refractivity contribution is 5.94. The zero-order valence-electron chi connectivity index (χ0n) is 7.50.